The SMILES string of the molecule is CC(C)NC(=O)C(C)N1CCCC2CNCC21. The summed E-state index contributed by atoms with van der Waals surface area (Å²) in [5.41, 5.74) is 0. The van der Waals surface area contributed by atoms with Crippen LogP contribution in [-0.2, 0) is 4.79 Å². The highest BCUT2D eigenvalue weighted by atomic mass is 16.2. The number of fused-ring (bicyclic) bond motifs is 1. The number of amides is 1. The van der Waals surface area contributed by atoms with Crippen LogP contribution >= 0.6 is 0 Å². The van der Waals surface area contributed by atoms with E-state index in [2.05, 4.69) is 15.5 Å². The molecule has 3 unspecified atom stereocenters. The van der Waals surface area contributed by atoms with Gasteiger partial charge in [0.15, 0.2) is 0 Å². The summed E-state index contributed by atoms with van der Waals surface area (Å²) in [5.74, 6) is 0.922. The fourth-order valence-corrected chi connectivity index (χ4v) is 3.14. The van der Waals surface area contributed by atoms with Gasteiger partial charge >= 0.3 is 0 Å². The lowest BCUT2D eigenvalue weighted by Gasteiger charge is -2.40. The number of likely N-dealkylation sites (tertiary alicyclic amines) is 1. The van der Waals surface area contributed by atoms with Gasteiger partial charge in [-0.25, -0.2) is 0 Å². The van der Waals surface area contributed by atoms with Crippen molar-refractivity contribution in [3.05, 3.63) is 0 Å². The second-order valence-corrected chi connectivity index (χ2v) is 5.70. The van der Waals surface area contributed by atoms with Crippen LogP contribution in [-0.4, -0.2) is 48.6 Å². The van der Waals surface area contributed by atoms with Gasteiger partial charge in [-0.1, -0.05) is 0 Å². The quantitative estimate of drug-likeness (QED) is 0.757. The number of carbonyl (C=O) groups excluding carboxylic acids is 1. The van der Waals surface area contributed by atoms with Gasteiger partial charge in [-0.05, 0) is 52.6 Å². The largest absolute Gasteiger partial charge is 0.353 e. The van der Waals surface area contributed by atoms with E-state index in [-0.39, 0.29) is 18.0 Å². The Labute approximate surface area is 104 Å². The molecule has 3 atom stereocenters. The fraction of sp³-hybridized carbons (Fsp3) is 0.923. The Morgan fingerprint density at radius 2 is 2.12 bits per heavy atom. The molecule has 98 valence electrons. The van der Waals surface area contributed by atoms with Gasteiger partial charge in [-0.3, -0.25) is 9.69 Å². The van der Waals surface area contributed by atoms with Crippen molar-refractivity contribution in [2.24, 2.45) is 5.92 Å². The second-order valence-electron chi connectivity index (χ2n) is 5.70. The molecular weight excluding hydrogens is 214 g/mol. The van der Waals surface area contributed by atoms with Crippen LogP contribution in [0.25, 0.3) is 0 Å². The molecule has 2 fully saturated rings. The first-order valence-corrected chi connectivity index (χ1v) is 6.86. The lowest BCUT2D eigenvalue weighted by atomic mass is 9.91. The molecule has 0 saturated carbocycles. The minimum absolute atomic E-state index is 0.00472. The number of hydrogen-bond acceptors (Lipinski definition) is 3. The first-order valence-electron chi connectivity index (χ1n) is 6.86. The van der Waals surface area contributed by atoms with Crippen LogP contribution in [0.4, 0.5) is 0 Å². The van der Waals surface area contributed by atoms with E-state index in [1.807, 2.05) is 20.8 Å². The predicted molar refractivity (Wildman–Crippen MR) is 68.8 cm³/mol. The Bertz CT molecular complexity index is 280. The third kappa shape index (κ3) is 2.80. The van der Waals surface area contributed by atoms with E-state index < -0.39 is 0 Å². The van der Waals surface area contributed by atoms with Gasteiger partial charge in [-0.2, -0.15) is 0 Å². The number of piperidine rings is 1. The van der Waals surface area contributed by atoms with Crippen LogP contribution < -0.4 is 10.6 Å². The molecule has 17 heavy (non-hydrogen) atoms. The molecule has 2 aliphatic heterocycles. The van der Waals surface area contributed by atoms with E-state index in [9.17, 15) is 4.79 Å². The first-order chi connectivity index (χ1) is 8.09. The molecule has 0 aromatic carbocycles. The van der Waals surface area contributed by atoms with Crippen molar-refractivity contribution in [3.63, 3.8) is 0 Å². The van der Waals surface area contributed by atoms with Crippen molar-refractivity contribution >= 4 is 5.91 Å². The van der Waals surface area contributed by atoms with Crippen molar-refractivity contribution in [2.75, 3.05) is 19.6 Å². The Morgan fingerprint density at radius 1 is 1.35 bits per heavy atom. The van der Waals surface area contributed by atoms with Crippen LogP contribution in [0.3, 0.4) is 0 Å². The zero-order valence-electron chi connectivity index (χ0n) is 11.2. The molecule has 2 saturated heterocycles. The van der Waals surface area contributed by atoms with Gasteiger partial charge in [0, 0.05) is 18.6 Å². The minimum Gasteiger partial charge on any atom is -0.353 e. The predicted octanol–water partition coefficient (Wildman–Crippen LogP) is 0.583. The topological polar surface area (TPSA) is 44.4 Å². The summed E-state index contributed by atoms with van der Waals surface area (Å²) in [7, 11) is 0. The Balaban J connectivity index is 1.97. The Kier molecular flexibility index (Phi) is 4.05. The summed E-state index contributed by atoms with van der Waals surface area (Å²) in [6.07, 6.45) is 2.54. The second kappa shape index (κ2) is 5.36. The molecule has 1 amide bonds. The highest BCUT2D eigenvalue weighted by Gasteiger charge is 2.38. The summed E-state index contributed by atoms with van der Waals surface area (Å²) in [4.78, 5) is 14.5. The van der Waals surface area contributed by atoms with E-state index in [1.54, 1.807) is 0 Å². The number of nitrogens with zero attached hydrogens (tertiary/aromatic N) is 1. The van der Waals surface area contributed by atoms with E-state index in [1.165, 1.54) is 12.8 Å². The standard InChI is InChI=1S/C13H25N3O/c1-9(2)15-13(17)10(3)16-6-4-5-11-7-14-8-12(11)16/h9-12,14H,4-8H2,1-3H3,(H,15,17). The molecule has 4 nitrogen and oxygen atoms in total. The lowest BCUT2D eigenvalue weighted by Crippen LogP contribution is -2.55. The molecule has 0 aromatic heterocycles. The number of nitrogens with one attached hydrogen (secondary N) is 2. The van der Waals surface area contributed by atoms with Crippen molar-refractivity contribution in [1.29, 1.82) is 0 Å². The minimum atomic E-state index is 0.00472. The first kappa shape index (κ1) is 12.8. The Hall–Kier alpha value is -0.610. The van der Waals surface area contributed by atoms with Gasteiger partial charge in [0.2, 0.25) is 5.91 Å². The molecule has 2 heterocycles. The lowest BCUT2D eigenvalue weighted by molar-refractivity contribution is -0.128. The average Bonchev–Trinajstić information content (AvgIpc) is 2.74. The van der Waals surface area contributed by atoms with E-state index in [0.29, 0.717) is 6.04 Å². The van der Waals surface area contributed by atoms with Gasteiger partial charge in [0.05, 0.1) is 6.04 Å². The molecule has 0 aliphatic carbocycles. The van der Waals surface area contributed by atoms with Crippen molar-refractivity contribution in [1.82, 2.24) is 15.5 Å². The highest BCUT2D eigenvalue weighted by Crippen LogP contribution is 2.27. The molecule has 0 aromatic rings. The number of carbonyl (C=O) groups is 1. The van der Waals surface area contributed by atoms with E-state index in [0.717, 1.165) is 25.6 Å². The van der Waals surface area contributed by atoms with Crippen LogP contribution in [0.1, 0.15) is 33.6 Å². The molecule has 0 bridgehead atoms. The van der Waals surface area contributed by atoms with Gasteiger partial charge in [-0.15, -0.1) is 0 Å². The third-order valence-electron chi connectivity index (χ3n) is 4.03. The Morgan fingerprint density at radius 3 is 2.82 bits per heavy atom. The van der Waals surface area contributed by atoms with Crippen LogP contribution in [0.2, 0.25) is 0 Å². The summed E-state index contributed by atoms with van der Waals surface area (Å²) < 4.78 is 0. The smallest absolute Gasteiger partial charge is 0.237 e. The van der Waals surface area contributed by atoms with E-state index >= 15 is 0 Å². The molecule has 2 aliphatic rings. The maximum absolute atomic E-state index is 12.1. The van der Waals surface area contributed by atoms with Crippen molar-refractivity contribution < 1.29 is 4.79 Å². The molecule has 4 heteroatoms. The average molecular weight is 239 g/mol. The summed E-state index contributed by atoms with van der Waals surface area (Å²) in [6.45, 7) is 9.30. The van der Waals surface area contributed by atoms with Crippen molar-refractivity contribution in [3.8, 4) is 0 Å². The summed E-state index contributed by atoms with van der Waals surface area (Å²) in [5, 5.41) is 6.47. The molecular formula is C13H25N3O. The maximum atomic E-state index is 12.1. The monoisotopic (exact) mass is 239 g/mol. The summed E-state index contributed by atoms with van der Waals surface area (Å²) >= 11 is 0. The molecule has 2 rings (SSSR count). The molecule has 0 radical (unpaired) electrons. The number of hydrogen-bond donors (Lipinski definition) is 2. The van der Waals surface area contributed by atoms with E-state index in [4.69, 9.17) is 0 Å². The van der Waals surface area contributed by atoms with Crippen LogP contribution in [0, 0.1) is 5.92 Å². The summed E-state index contributed by atoms with van der Waals surface area (Å²) in [6, 6.07) is 0.800. The fourth-order valence-electron chi connectivity index (χ4n) is 3.14. The van der Waals surface area contributed by atoms with Gasteiger partial charge < -0.3 is 10.6 Å². The van der Waals surface area contributed by atoms with Gasteiger partial charge in [0.1, 0.15) is 0 Å². The zero-order chi connectivity index (χ0) is 12.4. The van der Waals surface area contributed by atoms with Crippen molar-refractivity contribution in [2.45, 2.75) is 51.7 Å². The van der Waals surface area contributed by atoms with Crippen LogP contribution in [0.5, 0.6) is 0 Å². The zero-order valence-corrected chi connectivity index (χ0v) is 11.2. The van der Waals surface area contributed by atoms with Crippen LogP contribution in [0.15, 0.2) is 0 Å². The molecule has 0 spiro atoms. The highest BCUT2D eigenvalue weighted by molar-refractivity contribution is 5.81. The number of rotatable bonds is 3. The third-order valence-corrected chi connectivity index (χ3v) is 4.03. The normalized spacial score (nSPS) is 31.3. The van der Waals surface area contributed by atoms with Gasteiger partial charge in [0.25, 0.3) is 0 Å². The molecule has 2 N–H and O–H groups in total. The maximum Gasteiger partial charge on any atom is 0.237 e.